The van der Waals surface area contributed by atoms with Crippen molar-refractivity contribution in [3.63, 3.8) is 0 Å². The smallest absolute Gasteiger partial charge is 0.387 e. The summed E-state index contributed by atoms with van der Waals surface area (Å²) >= 11 is 0. The number of anilines is 1. The number of halogens is 2. The molecule has 0 fully saturated rings. The molecule has 0 aliphatic carbocycles. The Hall–Kier alpha value is -3.20. The summed E-state index contributed by atoms with van der Waals surface area (Å²) in [5.74, 6) is -0.348. The number of hydrogen-bond donors (Lipinski definition) is 0. The predicted molar refractivity (Wildman–Crippen MR) is 93.8 cm³/mol. The second kappa shape index (κ2) is 7.79. The van der Waals surface area contributed by atoms with Crippen molar-refractivity contribution in [3.8, 4) is 11.8 Å². The van der Waals surface area contributed by atoms with Gasteiger partial charge in [-0.1, -0.05) is 30.3 Å². The maximum Gasteiger partial charge on any atom is 0.387 e. The molecule has 0 radical (unpaired) electrons. The fourth-order valence-corrected chi connectivity index (χ4v) is 2.94. The van der Waals surface area contributed by atoms with Gasteiger partial charge in [-0.15, -0.1) is 0 Å². The predicted octanol–water partition coefficient (Wildman–Crippen LogP) is 4.17. The molecule has 0 atom stereocenters. The highest BCUT2D eigenvalue weighted by atomic mass is 19.3. The van der Waals surface area contributed by atoms with Crippen molar-refractivity contribution in [2.24, 2.45) is 0 Å². The third-order valence-electron chi connectivity index (χ3n) is 4.12. The fourth-order valence-electron chi connectivity index (χ4n) is 2.94. The molecule has 3 rings (SSSR count). The average molecular weight is 354 g/mol. The number of hydrogen-bond acceptors (Lipinski definition) is 3. The van der Waals surface area contributed by atoms with Crippen molar-refractivity contribution in [3.05, 3.63) is 65.2 Å². The highest BCUT2D eigenvalue weighted by Crippen LogP contribution is 2.28. The molecule has 6 heteroatoms. The molecule has 1 amide bonds. The Morgan fingerprint density at radius 2 is 1.92 bits per heavy atom. The molecule has 0 aromatic heterocycles. The van der Waals surface area contributed by atoms with E-state index in [1.807, 2.05) is 30.3 Å². The van der Waals surface area contributed by atoms with Crippen LogP contribution in [0.5, 0.6) is 5.75 Å². The van der Waals surface area contributed by atoms with Gasteiger partial charge in [0.1, 0.15) is 17.4 Å². The number of carbonyl (C=O) groups excluding carboxylic acids is 1. The van der Waals surface area contributed by atoms with Gasteiger partial charge < -0.3 is 9.64 Å². The van der Waals surface area contributed by atoms with Crippen LogP contribution in [0.25, 0.3) is 6.08 Å². The molecule has 1 heterocycles. The Morgan fingerprint density at radius 3 is 2.62 bits per heavy atom. The van der Waals surface area contributed by atoms with E-state index in [0.29, 0.717) is 12.1 Å². The molecule has 0 saturated heterocycles. The Balaban J connectivity index is 1.84. The van der Waals surface area contributed by atoms with Gasteiger partial charge >= 0.3 is 6.61 Å². The molecule has 26 heavy (non-hydrogen) atoms. The van der Waals surface area contributed by atoms with E-state index >= 15 is 0 Å². The number of carbonyl (C=O) groups is 1. The monoisotopic (exact) mass is 354 g/mol. The Labute approximate surface area is 149 Å². The molecule has 2 aromatic rings. The molecule has 0 N–H and O–H groups in total. The first-order valence-electron chi connectivity index (χ1n) is 8.15. The molecule has 1 aliphatic rings. The van der Waals surface area contributed by atoms with Gasteiger partial charge in [-0.25, -0.2) is 0 Å². The summed E-state index contributed by atoms with van der Waals surface area (Å²) in [6.07, 6.45) is 3.18. The molecule has 1 aliphatic heterocycles. The van der Waals surface area contributed by atoms with Gasteiger partial charge in [-0.2, -0.15) is 14.0 Å². The summed E-state index contributed by atoms with van der Waals surface area (Å²) < 4.78 is 28.7. The lowest BCUT2D eigenvalue weighted by Gasteiger charge is -2.29. The summed E-state index contributed by atoms with van der Waals surface area (Å²) in [4.78, 5) is 14.4. The van der Waals surface area contributed by atoms with Crippen molar-refractivity contribution in [1.82, 2.24) is 0 Å². The normalized spacial score (nSPS) is 13.9. The lowest BCUT2D eigenvalue weighted by atomic mass is 10.0. The number of fused-ring (bicyclic) bond motifs is 1. The molecule has 0 bridgehead atoms. The van der Waals surface area contributed by atoms with Crippen LogP contribution in [-0.2, 0) is 11.2 Å². The number of nitriles is 1. The van der Waals surface area contributed by atoms with Crippen LogP contribution in [0.4, 0.5) is 14.5 Å². The number of amides is 1. The summed E-state index contributed by atoms with van der Waals surface area (Å²) in [5.41, 5.74) is 2.45. The van der Waals surface area contributed by atoms with Gasteiger partial charge in [-0.3, -0.25) is 4.79 Å². The van der Waals surface area contributed by atoms with E-state index in [2.05, 4.69) is 4.74 Å². The Morgan fingerprint density at radius 1 is 1.19 bits per heavy atom. The van der Waals surface area contributed by atoms with Crippen LogP contribution >= 0.6 is 0 Å². The highest BCUT2D eigenvalue weighted by molar-refractivity contribution is 6.11. The summed E-state index contributed by atoms with van der Waals surface area (Å²) in [5, 5.41) is 9.42. The minimum Gasteiger partial charge on any atom is -0.435 e. The van der Waals surface area contributed by atoms with Gasteiger partial charge in [0, 0.05) is 12.2 Å². The van der Waals surface area contributed by atoms with E-state index in [1.165, 1.54) is 30.3 Å². The topological polar surface area (TPSA) is 53.3 Å². The van der Waals surface area contributed by atoms with Gasteiger partial charge in [0.15, 0.2) is 0 Å². The maximum absolute atomic E-state index is 12.8. The number of ether oxygens (including phenoxy) is 1. The van der Waals surface area contributed by atoms with Crippen LogP contribution in [0.15, 0.2) is 54.1 Å². The van der Waals surface area contributed by atoms with Crippen molar-refractivity contribution < 1.29 is 18.3 Å². The van der Waals surface area contributed by atoms with Crippen LogP contribution < -0.4 is 9.64 Å². The molecule has 132 valence electrons. The zero-order valence-electron chi connectivity index (χ0n) is 13.9. The first-order chi connectivity index (χ1) is 12.6. The van der Waals surface area contributed by atoms with Crippen LogP contribution in [0, 0.1) is 11.3 Å². The van der Waals surface area contributed by atoms with Crippen LogP contribution in [0.2, 0.25) is 0 Å². The van der Waals surface area contributed by atoms with E-state index in [1.54, 1.807) is 4.90 Å². The molecule has 4 nitrogen and oxygen atoms in total. The SMILES string of the molecule is N#C/C(=C\c1ccc(OC(F)F)cc1)C(=O)N1CCCc2ccccc21. The number of aryl methyl sites for hydroxylation is 1. The van der Waals surface area contributed by atoms with E-state index in [-0.39, 0.29) is 17.2 Å². The Bertz CT molecular complexity index is 870. The number of alkyl halides is 2. The van der Waals surface area contributed by atoms with Gasteiger partial charge in [0.2, 0.25) is 0 Å². The van der Waals surface area contributed by atoms with Crippen molar-refractivity contribution in [1.29, 1.82) is 5.26 Å². The largest absolute Gasteiger partial charge is 0.435 e. The van der Waals surface area contributed by atoms with E-state index in [9.17, 15) is 18.8 Å². The summed E-state index contributed by atoms with van der Waals surface area (Å²) in [6.45, 7) is -2.34. The minimum atomic E-state index is -2.90. The maximum atomic E-state index is 12.8. The fraction of sp³-hybridized carbons (Fsp3) is 0.200. The van der Waals surface area contributed by atoms with Crippen LogP contribution in [0.3, 0.4) is 0 Å². The average Bonchev–Trinajstić information content (AvgIpc) is 2.66. The second-order valence-corrected chi connectivity index (χ2v) is 5.81. The third-order valence-corrected chi connectivity index (χ3v) is 4.12. The van der Waals surface area contributed by atoms with Gasteiger partial charge in [0.05, 0.1) is 0 Å². The van der Waals surface area contributed by atoms with E-state index < -0.39 is 6.61 Å². The standard InChI is InChI=1S/C20H16F2N2O2/c21-20(22)26-17-9-7-14(8-10-17)12-16(13-23)19(25)24-11-3-5-15-4-1-2-6-18(15)24/h1-2,4,6-10,12,20H,3,5,11H2/b16-12+. The lowest BCUT2D eigenvalue weighted by molar-refractivity contribution is -0.114. The highest BCUT2D eigenvalue weighted by Gasteiger charge is 2.24. The van der Waals surface area contributed by atoms with Crippen LogP contribution in [0.1, 0.15) is 17.5 Å². The van der Waals surface area contributed by atoms with Crippen molar-refractivity contribution in [2.75, 3.05) is 11.4 Å². The van der Waals surface area contributed by atoms with E-state index in [4.69, 9.17) is 0 Å². The molecule has 2 aromatic carbocycles. The third kappa shape index (κ3) is 3.89. The molecule has 0 saturated carbocycles. The Kier molecular flexibility index (Phi) is 5.28. The zero-order chi connectivity index (χ0) is 18.5. The zero-order valence-corrected chi connectivity index (χ0v) is 13.9. The van der Waals surface area contributed by atoms with Crippen LogP contribution in [-0.4, -0.2) is 19.1 Å². The number of rotatable bonds is 4. The lowest BCUT2D eigenvalue weighted by Crippen LogP contribution is -2.36. The van der Waals surface area contributed by atoms with Gasteiger partial charge in [0.25, 0.3) is 5.91 Å². The molecular weight excluding hydrogens is 338 g/mol. The number of nitrogens with zero attached hydrogens (tertiary/aromatic N) is 2. The molecular formula is C20H16F2N2O2. The second-order valence-electron chi connectivity index (χ2n) is 5.81. The van der Waals surface area contributed by atoms with Gasteiger partial charge in [-0.05, 0) is 48.2 Å². The number of para-hydroxylation sites is 1. The quantitative estimate of drug-likeness (QED) is 0.611. The molecule has 0 spiro atoms. The van der Waals surface area contributed by atoms with Crippen molar-refractivity contribution in [2.45, 2.75) is 19.5 Å². The molecule has 0 unspecified atom stereocenters. The van der Waals surface area contributed by atoms with E-state index in [0.717, 1.165) is 24.1 Å². The first kappa shape index (κ1) is 17.6. The summed E-state index contributed by atoms with van der Waals surface area (Å²) in [6, 6.07) is 15.4. The minimum absolute atomic E-state index is 0.00997. The summed E-state index contributed by atoms with van der Waals surface area (Å²) in [7, 11) is 0. The first-order valence-corrected chi connectivity index (χ1v) is 8.15. The number of benzene rings is 2. The van der Waals surface area contributed by atoms with Crippen molar-refractivity contribution >= 4 is 17.7 Å².